The topological polar surface area (TPSA) is 50.2 Å². The number of fused-ring (bicyclic) bond motifs is 1. The summed E-state index contributed by atoms with van der Waals surface area (Å²) < 4.78 is 15.1. The van der Waals surface area contributed by atoms with Gasteiger partial charge in [-0.15, -0.1) is 0 Å². The molecule has 0 unspecified atom stereocenters. The largest absolute Gasteiger partial charge is 0.330 e. The summed E-state index contributed by atoms with van der Waals surface area (Å²) in [7, 11) is 2.04. The van der Waals surface area contributed by atoms with Crippen molar-refractivity contribution in [1.29, 1.82) is 0 Å². The number of rotatable bonds is 4. The van der Waals surface area contributed by atoms with E-state index in [-0.39, 0.29) is 17.6 Å². The first-order chi connectivity index (χ1) is 13.1. The number of anilines is 1. The maximum atomic E-state index is 13.0. The van der Waals surface area contributed by atoms with Crippen molar-refractivity contribution in [3.05, 3.63) is 60.2 Å². The Morgan fingerprint density at radius 3 is 2.78 bits per heavy atom. The number of piperidine rings is 1. The van der Waals surface area contributed by atoms with Crippen LogP contribution in [0.5, 0.6) is 0 Å². The third-order valence-corrected chi connectivity index (χ3v) is 5.23. The number of nitrogens with one attached hydrogen (secondary N) is 1. The van der Waals surface area contributed by atoms with Crippen LogP contribution in [0.15, 0.2) is 48.5 Å². The molecule has 27 heavy (non-hydrogen) atoms. The molecule has 1 aliphatic rings. The van der Waals surface area contributed by atoms with E-state index in [1.807, 2.05) is 25.2 Å². The van der Waals surface area contributed by atoms with Gasteiger partial charge in [0.1, 0.15) is 11.6 Å². The second-order valence-corrected chi connectivity index (χ2v) is 7.15. The predicted octanol–water partition coefficient (Wildman–Crippen LogP) is 3.56. The molecule has 0 saturated carbocycles. The van der Waals surface area contributed by atoms with E-state index < -0.39 is 0 Å². The van der Waals surface area contributed by atoms with Gasteiger partial charge in [0.05, 0.1) is 23.5 Å². The minimum atomic E-state index is -0.306. The number of amides is 1. The minimum absolute atomic E-state index is 0.00342. The number of carbonyl (C=O) groups is 1. The number of hydrogen-bond donors (Lipinski definition) is 1. The number of carbonyl (C=O) groups excluding carboxylic acids is 1. The first-order valence-corrected chi connectivity index (χ1v) is 9.29. The summed E-state index contributed by atoms with van der Waals surface area (Å²) in [6.45, 7) is 2.39. The molecule has 2 aromatic carbocycles. The third kappa shape index (κ3) is 3.85. The molecule has 140 valence electrons. The highest BCUT2D eigenvalue weighted by Gasteiger charge is 2.26. The summed E-state index contributed by atoms with van der Waals surface area (Å²) in [6, 6.07) is 14.0. The molecule has 5 nitrogen and oxygen atoms in total. The fourth-order valence-corrected chi connectivity index (χ4v) is 3.73. The van der Waals surface area contributed by atoms with Crippen LogP contribution in [0.3, 0.4) is 0 Å². The second-order valence-electron chi connectivity index (χ2n) is 7.15. The van der Waals surface area contributed by atoms with Gasteiger partial charge in [0.15, 0.2) is 0 Å². The van der Waals surface area contributed by atoms with E-state index in [9.17, 15) is 9.18 Å². The van der Waals surface area contributed by atoms with Gasteiger partial charge in [0.2, 0.25) is 5.91 Å². The third-order valence-electron chi connectivity index (χ3n) is 5.23. The lowest BCUT2D eigenvalue weighted by molar-refractivity contribution is -0.121. The van der Waals surface area contributed by atoms with Gasteiger partial charge in [0.25, 0.3) is 0 Å². The van der Waals surface area contributed by atoms with Crippen LogP contribution in [0.25, 0.3) is 11.0 Å². The lowest BCUT2D eigenvalue weighted by Gasteiger charge is -2.31. The predicted molar refractivity (Wildman–Crippen MR) is 104 cm³/mol. The Hall–Kier alpha value is -2.73. The quantitative estimate of drug-likeness (QED) is 0.768. The average molecular weight is 366 g/mol. The molecule has 1 N–H and O–H groups in total. The minimum Gasteiger partial charge on any atom is -0.330 e. The number of likely N-dealkylation sites (tertiary alicyclic amines) is 1. The summed E-state index contributed by atoms with van der Waals surface area (Å²) in [4.78, 5) is 19.6. The van der Waals surface area contributed by atoms with Crippen LogP contribution in [-0.4, -0.2) is 33.4 Å². The van der Waals surface area contributed by atoms with Gasteiger partial charge in [-0.05, 0) is 55.8 Å². The fraction of sp³-hybridized carbons (Fsp3) is 0.333. The van der Waals surface area contributed by atoms with E-state index in [1.54, 1.807) is 12.1 Å². The van der Waals surface area contributed by atoms with Gasteiger partial charge in [0, 0.05) is 19.3 Å². The lowest BCUT2D eigenvalue weighted by Crippen LogP contribution is -2.40. The first kappa shape index (κ1) is 17.7. The zero-order valence-corrected chi connectivity index (χ0v) is 15.4. The van der Waals surface area contributed by atoms with Crippen molar-refractivity contribution in [2.45, 2.75) is 19.4 Å². The van der Waals surface area contributed by atoms with Gasteiger partial charge >= 0.3 is 0 Å². The molecule has 1 fully saturated rings. The molecule has 1 saturated heterocycles. The molecule has 1 aromatic heterocycles. The maximum absolute atomic E-state index is 13.0. The Labute approximate surface area is 157 Å². The standard InChI is InChI=1S/C21H23FN4O/c1-25-19-7-3-2-6-18(19)24-20(25)14-26-12-4-5-15(13-26)21(27)23-17-10-8-16(22)9-11-17/h2-3,6-11,15H,4-5,12-14H2,1H3,(H,23,27)/t15-/m1/s1. The maximum Gasteiger partial charge on any atom is 0.228 e. The number of imidazole rings is 1. The molecule has 1 amide bonds. The highest BCUT2D eigenvalue weighted by atomic mass is 19.1. The number of nitrogens with zero attached hydrogens (tertiary/aromatic N) is 3. The number of aryl methyl sites for hydroxylation is 1. The Bertz CT molecular complexity index is 950. The molecular weight excluding hydrogens is 343 g/mol. The Kier molecular flexibility index (Phi) is 4.90. The van der Waals surface area contributed by atoms with Crippen LogP contribution in [0.1, 0.15) is 18.7 Å². The van der Waals surface area contributed by atoms with Gasteiger partial charge < -0.3 is 9.88 Å². The summed E-state index contributed by atoms with van der Waals surface area (Å²) in [5.41, 5.74) is 2.75. The van der Waals surface area contributed by atoms with Gasteiger partial charge in [-0.1, -0.05) is 12.1 Å². The Morgan fingerprint density at radius 1 is 1.22 bits per heavy atom. The summed E-state index contributed by atoms with van der Waals surface area (Å²) >= 11 is 0. The number of halogens is 1. The summed E-state index contributed by atoms with van der Waals surface area (Å²) in [5, 5.41) is 2.90. The van der Waals surface area contributed by atoms with E-state index >= 15 is 0 Å². The van der Waals surface area contributed by atoms with Gasteiger partial charge in [-0.25, -0.2) is 9.37 Å². The van der Waals surface area contributed by atoms with E-state index in [0.29, 0.717) is 12.2 Å². The highest BCUT2D eigenvalue weighted by Crippen LogP contribution is 2.22. The van der Waals surface area contributed by atoms with E-state index in [0.717, 1.165) is 42.8 Å². The molecule has 4 rings (SSSR count). The molecule has 0 bridgehead atoms. The van der Waals surface area contributed by atoms with Crippen molar-refractivity contribution in [3.8, 4) is 0 Å². The smallest absolute Gasteiger partial charge is 0.228 e. The fourth-order valence-electron chi connectivity index (χ4n) is 3.73. The molecule has 3 aromatic rings. The summed E-state index contributed by atoms with van der Waals surface area (Å²) in [6.07, 6.45) is 1.84. The van der Waals surface area contributed by atoms with Crippen molar-refractivity contribution in [3.63, 3.8) is 0 Å². The molecular formula is C21H23FN4O. The lowest BCUT2D eigenvalue weighted by atomic mass is 9.97. The number of para-hydroxylation sites is 2. The van der Waals surface area contributed by atoms with Gasteiger partial charge in [-0.3, -0.25) is 9.69 Å². The van der Waals surface area contributed by atoms with Crippen molar-refractivity contribution >= 4 is 22.6 Å². The van der Waals surface area contributed by atoms with Gasteiger partial charge in [-0.2, -0.15) is 0 Å². The van der Waals surface area contributed by atoms with Crippen molar-refractivity contribution in [2.24, 2.45) is 13.0 Å². The van der Waals surface area contributed by atoms with Crippen LogP contribution in [-0.2, 0) is 18.4 Å². The molecule has 0 radical (unpaired) electrons. The number of aromatic nitrogens is 2. The van der Waals surface area contributed by atoms with E-state index in [2.05, 4.69) is 20.9 Å². The normalized spacial score (nSPS) is 17.9. The number of hydrogen-bond acceptors (Lipinski definition) is 3. The van der Waals surface area contributed by atoms with Crippen LogP contribution in [0.2, 0.25) is 0 Å². The van der Waals surface area contributed by atoms with Crippen LogP contribution in [0.4, 0.5) is 10.1 Å². The molecule has 1 atom stereocenters. The van der Waals surface area contributed by atoms with E-state index in [4.69, 9.17) is 4.98 Å². The Balaban J connectivity index is 1.42. The van der Waals surface area contributed by atoms with Crippen LogP contribution >= 0.6 is 0 Å². The molecule has 0 spiro atoms. The highest BCUT2D eigenvalue weighted by molar-refractivity contribution is 5.92. The molecule has 1 aliphatic heterocycles. The molecule has 0 aliphatic carbocycles. The SMILES string of the molecule is Cn1c(CN2CCC[C@@H](C(=O)Nc3ccc(F)cc3)C2)nc2ccccc21. The zero-order chi connectivity index (χ0) is 18.8. The number of benzene rings is 2. The van der Waals surface area contributed by atoms with Crippen molar-refractivity contribution in [2.75, 3.05) is 18.4 Å². The molecule has 6 heteroatoms. The van der Waals surface area contributed by atoms with Crippen molar-refractivity contribution < 1.29 is 9.18 Å². The Morgan fingerprint density at radius 2 is 2.00 bits per heavy atom. The van der Waals surface area contributed by atoms with Crippen LogP contribution < -0.4 is 5.32 Å². The molecule has 2 heterocycles. The second kappa shape index (κ2) is 7.48. The zero-order valence-electron chi connectivity index (χ0n) is 15.4. The van der Waals surface area contributed by atoms with Crippen LogP contribution in [0, 0.1) is 11.7 Å². The van der Waals surface area contributed by atoms with Crippen molar-refractivity contribution in [1.82, 2.24) is 14.5 Å². The summed E-state index contributed by atoms with van der Waals surface area (Å²) in [5.74, 6) is 0.630. The average Bonchev–Trinajstić information content (AvgIpc) is 3.00. The first-order valence-electron chi connectivity index (χ1n) is 9.29. The monoisotopic (exact) mass is 366 g/mol. The van der Waals surface area contributed by atoms with E-state index in [1.165, 1.54) is 12.1 Å².